The molecule has 6 heteroatoms. The number of rotatable bonds is 3. The fourth-order valence-electron chi connectivity index (χ4n) is 1.96. The van der Waals surface area contributed by atoms with Crippen LogP contribution in [0.4, 0.5) is 5.82 Å². The fourth-order valence-corrected chi connectivity index (χ4v) is 5.30. The minimum Gasteiger partial charge on any atom is -0.372 e. The molecule has 0 aliphatic carbocycles. The number of nitrogens with one attached hydrogen (secondary N) is 1. The van der Waals surface area contributed by atoms with Gasteiger partial charge in [0.15, 0.2) is 0 Å². The van der Waals surface area contributed by atoms with Gasteiger partial charge >= 0.3 is 0 Å². The van der Waals surface area contributed by atoms with Crippen LogP contribution in [0.2, 0.25) is 0 Å². The van der Waals surface area contributed by atoms with E-state index in [1.165, 1.54) is 11.5 Å². The highest BCUT2D eigenvalue weighted by atomic mass is 79.9. The summed E-state index contributed by atoms with van der Waals surface area (Å²) in [5.74, 6) is 4.30. The van der Waals surface area contributed by atoms with Crippen molar-refractivity contribution in [3.8, 4) is 0 Å². The molecule has 1 N–H and O–H groups in total. The van der Waals surface area contributed by atoms with Crippen molar-refractivity contribution in [1.82, 2.24) is 9.97 Å². The Morgan fingerprint density at radius 2 is 2.06 bits per heavy atom. The lowest BCUT2D eigenvalue weighted by Gasteiger charge is -2.27. The Morgan fingerprint density at radius 3 is 2.67 bits per heavy atom. The Bertz CT molecular complexity index is 403. The van der Waals surface area contributed by atoms with Crippen LogP contribution in [0.5, 0.6) is 0 Å². The third-order valence-corrected chi connectivity index (χ3v) is 6.87. The van der Waals surface area contributed by atoms with Gasteiger partial charge in [-0.25, -0.2) is 9.97 Å². The summed E-state index contributed by atoms with van der Waals surface area (Å²) >= 11 is 7.57. The van der Waals surface area contributed by atoms with Gasteiger partial charge in [0.1, 0.15) is 11.6 Å². The Kier molecular flexibility index (Phi) is 5.21. The maximum Gasteiger partial charge on any atom is 0.145 e. The second-order valence-electron chi connectivity index (χ2n) is 4.16. The summed E-state index contributed by atoms with van der Waals surface area (Å²) in [5.41, 5.74) is 1.09. The molecule has 0 bridgehead atoms. The molecule has 18 heavy (non-hydrogen) atoms. The van der Waals surface area contributed by atoms with E-state index in [1.807, 2.05) is 30.6 Å². The van der Waals surface area contributed by atoms with Crippen molar-refractivity contribution >= 4 is 45.3 Å². The molecule has 2 atom stereocenters. The summed E-state index contributed by atoms with van der Waals surface area (Å²) in [6, 6.07) is 0. The Labute approximate surface area is 125 Å². The zero-order chi connectivity index (χ0) is 13.1. The molecule has 1 aliphatic rings. The van der Waals surface area contributed by atoms with E-state index in [1.54, 1.807) is 0 Å². The average Bonchev–Trinajstić information content (AvgIpc) is 2.40. The van der Waals surface area contributed by atoms with Crippen LogP contribution in [-0.2, 0) is 6.42 Å². The molecule has 1 aliphatic heterocycles. The van der Waals surface area contributed by atoms with Crippen molar-refractivity contribution in [3.63, 3.8) is 0 Å². The standard InChI is InChI=1S/C12H18BrN3S2/c1-4-8-9(13)11(14-3)16-12(15-8)10-7(2)17-5-6-18-10/h7,10H,4-6H2,1-3H3,(H,14,15,16). The van der Waals surface area contributed by atoms with Gasteiger partial charge in [-0.2, -0.15) is 11.8 Å². The monoisotopic (exact) mass is 347 g/mol. The van der Waals surface area contributed by atoms with Crippen molar-refractivity contribution in [2.24, 2.45) is 0 Å². The third-order valence-electron chi connectivity index (χ3n) is 2.95. The molecule has 2 rings (SSSR count). The van der Waals surface area contributed by atoms with Gasteiger partial charge in [-0.15, -0.1) is 11.8 Å². The quantitative estimate of drug-likeness (QED) is 0.900. The van der Waals surface area contributed by atoms with Gasteiger partial charge in [-0.3, -0.25) is 0 Å². The molecule has 0 saturated carbocycles. The van der Waals surface area contributed by atoms with Crippen LogP contribution in [0.15, 0.2) is 4.47 Å². The van der Waals surface area contributed by atoms with Crippen LogP contribution in [0.1, 0.15) is 30.6 Å². The van der Waals surface area contributed by atoms with Crippen molar-refractivity contribution in [2.75, 3.05) is 23.9 Å². The molecule has 2 heterocycles. The predicted octanol–water partition coefficient (Wildman–Crippen LogP) is 3.75. The zero-order valence-electron chi connectivity index (χ0n) is 10.9. The van der Waals surface area contributed by atoms with E-state index in [0.29, 0.717) is 10.5 Å². The van der Waals surface area contributed by atoms with E-state index >= 15 is 0 Å². The molecule has 0 radical (unpaired) electrons. The molecule has 1 aromatic rings. The molecular weight excluding hydrogens is 330 g/mol. The summed E-state index contributed by atoms with van der Waals surface area (Å²) in [7, 11) is 1.91. The second-order valence-corrected chi connectivity index (χ2v) is 7.69. The first-order valence-electron chi connectivity index (χ1n) is 6.14. The first kappa shape index (κ1) is 14.5. The lowest BCUT2D eigenvalue weighted by atomic mass is 10.2. The number of halogens is 1. The number of hydrogen-bond acceptors (Lipinski definition) is 5. The van der Waals surface area contributed by atoms with Crippen LogP contribution < -0.4 is 5.32 Å². The number of aromatic nitrogens is 2. The van der Waals surface area contributed by atoms with Crippen LogP contribution in [-0.4, -0.2) is 33.8 Å². The Hall–Kier alpha value is 0.0600. The first-order valence-corrected chi connectivity index (χ1v) is 9.03. The zero-order valence-corrected chi connectivity index (χ0v) is 14.1. The summed E-state index contributed by atoms with van der Waals surface area (Å²) in [5, 5.41) is 4.14. The van der Waals surface area contributed by atoms with Crippen LogP contribution in [0.25, 0.3) is 0 Å². The van der Waals surface area contributed by atoms with E-state index in [-0.39, 0.29) is 0 Å². The molecule has 3 nitrogen and oxygen atoms in total. The minimum absolute atomic E-state index is 0.411. The lowest BCUT2D eigenvalue weighted by Crippen LogP contribution is -2.19. The normalized spacial score (nSPS) is 24.0. The largest absolute Gasteiger partial charge is 0.372 e. The SMILES string of the molecule is CCc1nc(C2SCCSC2C)nc(NC)c1Br. The molecule has 0 spiro atoms. The molecule has 100 valence electrons. The maximum atomic E-state index is 4.74. The second kappa shape index (κ2) is 6.48. The van der Waals surface area contributed by atoms with Gasteiger partial charge in [-0.05, 0) is 22.4 Å². The first-order chi connectivity index (χ1) is 8.67. The van der Waals surface area contributed by atoms with Gasteiger partial charge in [0.2, 0.25) is 0 Å². The Balaban J connectivity index is 2.37. The van der Waals surface area contributed by atoms with Gasteiger partial charge < -0.3 is 5.32 Å². The molecular formula is C12H18BrN3S2. The summed E-state index contributed by atoms with van der Waals surface area (Å²) in [4.78, 5) is 9.41. The number of thioether (sulfide) groups is 2. The minimum atomic E-state index is 0.411. The predicted molar refractivity (Wildman–Crippen MR) is 85.8 cm³/mol. The summed E-state index contributed by atoms with van der Waals surface area (Å²) in [6.45, 7) is 4.40. The van der Waals surface area contributed by atoms with Crippen LogP contribution >= 0.6 is 39.5 Å². The molecule has 0 amide bonds. The maximum absolute atomic E-state index is 4.74. The number of anilines is 1. The number of nitrogens with zero attached hydrogens (tertiary/aromatic N) is 2. The molecule has 1 aromatic heterocycles. The number of hydrogen-bond donors (Lipinski definition) is 1. The smallest absolute Gasteiger partial charge is 0.145 e. The van der Waals surface area contributed by atoms with E-state index in [2.05, 4.69) is 40.1 Å². The van der Waals surface area contributed by atoms with Crippen LogP contribution in [0.3, 0.4) is 0 Å². The highest BCUT2D eigenvalue weighted by Crippen LogP contribution is 2.42. The molecule has 1 fully saturated rings. The summed E-state index contributed by atoms with van der Waals surface area (Å²) < 4.78 is 0.998. The lowest BCUT2D eigenvalue weighted by molar-refractivity contribution is 0.802. The van der Waals surface area contributed by atoms with E-state index in [0.717, 1.165) is 28.2 Å². The number of aryl methyl sites for hydroxylation is 1. The molecule has 0 aromatic carbocycles. The topological polar surface area (TPSA) is 37.8 Å². The van der Waals surface area contributed by atoms with Gasteiger partial charge in [0, 0.05) is 23.8 Å². The fraction of sp³-hybridized carbons (Fsp3) is 0.667. The van der Waals surface area contributed by atoms with Crippen LogP contribution in [0, 0.1) is 0 Å². The summed E-state index contributed by atoms with van der Waals surface area (Å²) in [6.07, 6.45) is 0.920. The van der Waals surface area contributed by atoms with Gasteiger partial charge in [0.05, 0.1) is 15.4 Å². The van der Waals surface area contributed by atoms with Crippen molar-refractivity contribution in [3.05, 3.63) is 16.0 Å². The van der Waals surface area contributed by atoms with Crippen molar-refractivity contribution in [1.29, 1.82) is 0 Å². The highest BCUT2D eigenvalue weighted by Gasteiger charge is 2.27. The molecule has 1 saturated heterocycles. The average molecular weight is 348 g/mol. The van der Waals surface area contributed by atoms with E-state index < -0.39 is 0 Å². The van der Waals surface area contributed by atoms with Crippen molar-refractivity contribution < 1.29 is 0 Å². The highest BCUT2D eigenvalue weighted by molar-refractivity contribution is 9.10. The van der Waals surface area contributed by atoms with Gasteiger partial charge in [-0.1, -0.05) is 13.8 Å². The van der Waals surface area contributed by atoms with E-state index in [9.17, 15) is 0 Å². The molecule has 2 unspecified atom stereocenters. The third kappa shape index (κ3) is 2.96. The van der Waals surface area contributed by atoms with Crippen molar-refractivity contribution in [2.45, 2.75) is 30.8 Å². The Morgan fingerprint density at radius 1 is 1.33 bits per heavy atom. The van der Waals surface area contributed by atoms with Gasteiger partial charge in [0.25, 0.3) is 0 Å². The van der Waals surface area contributed by atoms with E-state index in [4.69, 9.17) is 4.98 Å².